The highest BCUT2D eigenvalue weighted by Gasteiger charge is 2.13. The molecule has 0 saturated heterocycles. The molecule has 2 rings (SSSR count). The van der Waals surface area contributed by atoms with E-state index >= 15 is 0 Å². The number of carbonyl (C=O) groups is 1. The van der Waals surface area contributed by atoms with Gasteiger partial charge in [0, 0.05) is 29.0 Å². The number of phenols is 1. The van der Waals surface area contributed by atoms with Gasteiger partial charge in [0.15, 0.2) is 0 Å². The van der Waals surface area contributed by atoms with Crippen LogP contribution in [0.5, 0.6) is 5.75 Å². The number of halogens is 2. The number of aromatic carboxylic acids is 1. The molecule has 0 aromatic heterocycles. The fourth-order valence-corrected chi connectivity index (χ4v) is 1.60. The maximum atomic E-state index is 13.5. The summed E-state index contributed by atoms with van der Waals surface area (Å²) in [5, 5.41) is 18.2. The second kappa shape index (κ2) is 5.83. The third-order valence-corrected chi connectivity index (χ3v) is 2.47. The van der Waals surface area contributed by atoms with Crippen LogP contribution in [0.3, 0.4) is 0 Å². The molecule has 0 fully saturated rings. The molecule has 0 aliphatic rings. The predicted molar refractivity (Wildman–Crippen MR) is 66.2 cm³/mol. The van der Waals surface area contributed by atoms with E-state index in [1.54, 1.807) is 0 Å². The van der Waals surface area contributed by atoms with Crippen molar-refractivity contribution >= 4 is 23.3 Å². The van der Waals surface area contributed by atoms with Gasteiger partial charge in [0.25, 0.3) is 0 Å². The first kappa shape index (κ1) is 15.2. The molecule has 0 heterocycles. The second-order valence-corrected chi connectivity index (χ2v) is 3.66. The van der Waals surface area contributed by atoms with Crippen LogP contribution in [-0.2, 0) is 0 Å². The first-order valence-corrected chi connectivity index (χ1v) is 5.01. The normalized spacial score (nSPS) is 9.79. The zero-order chi connectivity index (χ0) is 13.3. The zero-order valence-electron chi connectivity index (χ0n) is 9.60. The van der Waals surface area contributed by atoms with Gasteiger partial charge in [-0.15, -0.1) is 0 Å². The fourth-order valence-electron chi connectivity index (χ4n) is 1.60. The van der Waals surface area contributed by atoms with Gasteiger partial charge in [-0.1, -0.05) is 6.07 Å². The summed E-state index contributed by atoms with van der Waals surface area (Å²) < 4.78 is 26.3. The Balaban J connectivity index is 0.00000180. The molecule has 2 aromatic rings. The third-order valence-electron chi connectivity index (χ3n) is 2.47. The number of carboxylic acid groups (broad SMARTS) is 1. The van der Waals surface area contributed by atoms with E-state index in [1.165, 1.54) is 12.1 Å². The van der Waals surface area contributed by atoms with E-state index in [0.717, 1.165) is 18.2 Å². The van der Waals surface area contributed by atoms with Gasteiger partial charge in [-0.3, -0.25) is 0 Å². The van der Waals surface area contributed by atoms with Crippen molar-refractivity contribution in [1.82, 2.24) is 0 Å². The lowest BCUT2D eigenvalue weighted by molar-refractivity contribution is 0.0694. The summed E-state index contributed by atoms with van der Waals surface area (Å²) in [7, 11) is 0. The van der Waals surface area contributed by atoms with Crippen molar-refractivity contribution in [3.05, 3.63) is 53.6 Å². The SMILES string of the molecule is O=C(O)c1cc(-c2ccc(F)cc2F)ccc1O.[Al]. The molecule has 0 unspecified atom stereocenters. The van der Waals surface area contributed by atoms with Gasteiger partial charge in [-0.05, 0) is 29.8 Å². The molecule has 0 amide bonds. The Morgan fingerprint density at radius 3 is 2.32 bits per heavy atom. The van der Waals surface area contributed by atoms with Crippen molar-refractivity contribution in [2.75, 3.05) is 0 Å². The molecule has 3 radical (unpaired) electrons. The maximum Gasteiger partial charge on any atom is 0.339 e. The Kier molecular flexibility index (Phi) is 4.65. The van der Waals surface area contributed by atoms with Crippen LogP contribution < -0.4 is 0 Å². The van der Waals surface area contributed by atoms with Crippen molar-refractivity contribution in [2.45, 2.75) is 0 Å². The molecular weight excluding hydrogens is 269 g/mol. The maximum absolute atomic E-state index is 13.5. The molecule has 0 saturated carbocycles. The van der Waals surface area contributed by atoms with Crippen LogP contribution in [-0.4, -0.2) is 33.5 Å². The lowest BCUT2D eigenvalue weighted by Crippen LogP contribution is -1.97. The average molecular weight is 277 g/mol. The number of rotatable bonds is 2. The topological polar surface area (TPSA) is 57.5 Å². The van der Waals surface area contributed by atoms with Crippen LogP contribution in [0.4, 0.5) is 8.78 Å². The lowest BCUT2D eigenvalue weighted by Gasteiger charge is -2.06. The Morgan fingerprint density at radius 2 is 1.74 bits per heavy atom. The number of carboxylic acids is 1. The van der Waals surface area contributed by atoms with E-state index in [1.807, 2.05) is 0 Å². The Morgan fingerprint density at radius 1 is 1.05 bits per heavy atom. The van der Waals surface area contributed by atoms with Crippen molar-refractivity contribution in [1.29, 1.82) is 0 Å². The highest BCUT2D eigenvalue weighted by molar-refractivity contribution is 5.92. The van der Waals surface area contributed by atoms with Crippen LogP contribution in [0.25, 0.3) is 11.1 Å². The van der Waals surface area contributed by atoms with E-state index in [2.05, 4.69) is 0 Å². The first-order valence-electron chi connectivity index (χ1n) is 5.01. The molecule has 19 heavy (non-hydrogen) atoms. The second-order valence-electron chi connectivity index (χ2n) is 3.66. The average Bonchev–Trinajstić information content (AvgIpc) is 2.30. The smallest absolute Gasteiger partial charge is 0.339 e. The van der Waals surface area contributed by atoms with E-state index in [4.69, 9.17) is 5.11 Å². The van der Waals surface area contributed by atoms with Gasteiger partial charge < -0.3 is 10.2 Å². The van der Waals surface area contributed by atoms with Gasteiger partial charge >= 0.3 is 5.97 Å². The Labute approximate surface area is 118 Å². The minimum atomic E-state index is -1.32. The zero-order valence-corrected chi connectivity index (χ0v) is 10.8. The van der Waals surface area contributed by atoms with Crippen molar-refractivity contribution in [3.63, 3.8) is 0 Å². The third kappa shape index (κ3) is 3.11. The van der Waals surface area contributed by atoms with Gasteiger partial charge in [-0.2, -0.15) is 0 Å². The van der Waals surface area contributed by atoms with Gasteiger partial charge in [0.05, 0.1) is 0 Å². The minimum absolute atomic E-state index is 0. The number of hydrogen-bond donors (Lipinski definition) is 2. The van der Waals surface area contributed by atoms with Crippen molar-refractivity contribution in [2.24, 2.45) is 0 Å². The minimum Gasteiger partial charge on any atom is -0.507 e. The van der Waals surface area contributed by atoms with Crippen LogP contribution in [0.15, 0.2) is 36.4 Å². The van der Waals surface area contributed by atoms with Crippen LogP contribution >= 0.6 is 0 Å². The highest BCUT2D eigenvalue weighted by Crippen LogP contribution is 2.28. The first-order chi connectivity index (χ1) is 8.49. The molecule has 2 aromatic carbocycles. The van der Waals surface area contributed by atoms with Gasteiger partial charge in [-0.25, -0.2) is 13.6 Å². The van der Waals surface area contributed by atoms with E-state index in [0.29, 0.717) is 6.07 Å². The summed E-state index contributed by atoms with van der Waals surface area (Å²) in [5.74, 6) is -3.24. The quantitative estimate of drug-likeness (QED) is 0.830. The number of hydrogen-bond acceptors (Lipinski definition) is 2. The summed E-state index contributed by atoms with van der Waals surface area (Å²) in [6, 6.07) is 6.64. The van der Waals surface area contributed by atoms with Gasteiger partial charge in [0.2, 0.25) is 0 Å². The van der Waals surface area contributed by atoms with E-state index < -0.39 is 23.4 Å². The molecule has 0 spiro atoms. The predicted octanol–water partition coefficient (Wildman–Crippen LogP) is 2.65. The van der Waals surface area contributed by atoms with Gasteiger partial charge in [0.1, 0.15) is 22.9 Å². The van der Waals surface area contributed by atoms with E-state index in [9.17, 15) is 18.7 Å². The summed E-state index contributed by atoms with van der Waals surface area (Å²) in [5.41, 5.74) is -0.0159. The molecule has 3 nitrogen and oxygen atoms in total. The fraction of sp³-hybridized carbons (Fsp3) is 0. The van der Waals surface area contributed by atoms with Crippen LogP contribution in [0, 0.1) is 11.6 Å². The van der Waals surface area contributed by atoms with E-state index in [-0.39, 0.29) is 34.1 Å². The Bertz CT molecular complexity index is 629. The molecule has 0 aliphatic heterocycles. The summed E-state index contributed by atoms with van der Waals surface area (Å²) in [4.78, 5) is 10.8. The van der Waals surface area contributed by atoms with Crippen molar-refractivity contribution < 1.29 is 23.8 Å². The highest BCUT2D eigenvalue weighted by atomic mass is 27.0. The molecule has 2 N–H and O–H groups in total. The summed E-state index contributed by atoms with van der Waals surface area (Å²) >= 11 is 0. The number of aromatic hydroxyl groups is 1. The monoisotopic (exact) mass is 277 g/mol. The van der Waals surface area contributed by atoms with Crippen LogP contribution in [0.2, 0.25) is 0 Å². The standard InChI is InChI=1S/C13H8F2O3.Al/c14-8-2-3-9(11(15)6-8)7-1-4-12(16)10(5-7)13(17)18;/h1-6,16H,(H,17,18);. The summed E-state index contributed by atoms with van der Waals surface area (Å²) in [6.45, 7) is 0. The van der Waals surface area contributed by atoms with Crippen LogP contribution in [0.1, 0.15) is 10.4 Å². The largest absolute Gasteiger partial charge is 0.507 e. The molecule has 0 atom stereocenters. The summed E-state index contributed by atoms with van der Waals surface area (Å²) in [6.07, 6.45) is 0. The van der Waals surface area contributed by atoms with Crippen molar-refractivity contribution in [3.8, 4) is 16.9 Å². The number of benzene rings is 2. The molecule has 0 bridgehead atoms. The molecule has 95 valence electrons. The molecular formula is C13H8AlF2O3. The molecule has 0 aliphatic carbocycles. The lowest BCUT2D eigenvalue weighted by atomic mass is 10.0. The Hall–Kier alpha value is -1.90. The molecule has 6 heteroatoms.